The van der Waals surface area contributed by atoms with Crippen molar-refractivity contribution < 1.29 is 9.53 Å². The highest BCUT2D eigenvalue weighted by atomic mass is 16.5. The number of rotatable bonds is 4. The van der Waals surface area contributed by atoms with Crippen LogP contribution in [0.3, 0.4) is 0 Å². The van der Waals surface area contributed by atoms with Gasteiger partial charge in [-0.05, 0) is 24.6 Å². The highest BCUT2D eigenvalue weighted by Gasteiger charge is 2.09. The Balaban J connectivity index is 2.49. The maximum atomic E-state index is 10.6. The first kappa shape index (κ1) is 10.5. The van der Waals surface area contributed by atoms with Crippen molar-refractivity contribution in [2.75, 3.05) is 6.61 Å². The molecule has 0 aliphatic heterocycles. The molecule has 1 rings (SSSR count). The highest BCUT2D eigenvalue weighted by molar-refractivity contribution is 5.79. The van der Waals surface area contributed by atoms with E-state index in [4.69, 9.17) is 16.2 Å². The topological polar surface area (TPSA) is 78.3 Å². The van der Waals surface area contributed by atoms with Gasteiger partial charge in [-0.1, -0.05) is 12.1 Å². The molecule has 14 heavy (non-hydrogen) atoms. The molecule has 4 N–H and O–H groups in total. The molecule has 1 aromatic rings. The first-order chi connectivity index (χ1) is 6.59. The number of aryl methyl sites for hydroxylation is 1. The van der Waals surface area contributed by atoms with Crippen LogP contribution in [0, 0.1) is 6.92 Å². The Labute approximate surface area is 82.8 Å². The van der Waals surface area contributed by atoms with E-state index in [0.717, 1.165) is 5.56 Å². The zero-order valence-corrected chi connectivity index (χ0v) is 8.07. The quantitative estimate of drug-likeness (QED) is 0.718. The minimum atomic E-state index is -0.754. The number of hydrogen-bond donors (Lipinski definition) is 2. The summed E-state index contributed by atoms with van der Waals surface area (Å²) in [6, 6.07) is 6.76. The average Bonchev–Trinajstić information content (AvgIpc) is 2.14. The maximum absolute atomic E-state index is 10.6. The predicted molar refractivity (Wildman–Crippen MR) is 53.8 cm³/mol. The van der Waals surface area contributed by atoms with Crippen LogP contribution in [0.15, 0.2) is 24.3 Å². The summed E-state index contributed by atoms with van der Waals surface area (Å²) in [5.41, 5.74) is 11.5. The molecule has 0 heterocycles. The van der Waals surface area contributed by atoms with Gasteiger partial charge in [0.15, 0.2) is 0 Å². The molecule has 1 unspecified atom stereocenters. The Bertz CT molecular complexity index is 326. The number of primary amides is 1. The van der Waals surface area contributed by atoms with Gasteiger partial charge in [-0.2, -0.15) is 0 Å². The molecule has 0 aromatic heterocycles. The summed E-state index contributed by atoms with van der Waals surface area (Å²) in [4.78, 5) is 10.6. The number of amides is 1. The number of carbonyl (C=O) groups excluding carboxylic acids is 1. The minimum Gasteiger partial charge on any atom is -0.491 e. The summed E-state index contributed by atoms with van der Waals surface area (Å²) in [6.07, 6.45) is 0. The molecule has 1 amide bonds. The molecule has 0 aliphatic rings. The third kappa shape index (κ3) is 3.06. The lowest BCUT2D eigenvalue weighted by atomic mass is 10.2. The van der Waals surface area contributed by atoms with Crippen LogP contribution in [0.1, 0.15) is 5.56 Å². The van der Waals surface area contributed by atoms with E-state index < -0.39 is 11.9 Å². The van der Waals surface area contributed by atoms with Gasteiger partial charge in [-0.3, -0.25) is 4.79 Å². The van der Waals surface area contributed by atoms with E-state index in [9.17, 15) is 4.79 Å². The van der Waals surface area contributed by atoms with Crippen LogP contribution in [0.5, 0.6) is 5.75 Å². The molecular weight excluding hydrogens is 180 g/mol. The van der Waals surface area contributed by atoms with E-state index >= 15 is 0 Å². The average molecular weight is 194 g/mol. The fourth-order valence-corrected chi connectivity index (χ4v) is 0.973. The van der Waals surface area contributed by atoms with Crippen molar-refractivity contribution in [1.29, 1.82) is 0 Å². The van der Waals surface area contributed by atoms with Crippen molar-refractivity contribution in [3.8, 4) is 5.75 Å². The third-order valence-corrected chi connectivity index (χ3v) is 1.78. The first-order valence-corrected chi connectivity index (χ1v) is 4.34. The molecular formula is C10H14N2O2. The number of benzene rings is 1. The van der Waals surface area contributed by atoms with Crippen LogP contribution in [-0.2, 0) is 4.79 Å². The second kappa shape index (κ2) is 4.62. The van der Waals surface area contributed by atoms with E-state index in [0.29, 0.717) is 5.75 Å². The molecule has 76 valence electrons. The summed E-state index contributed by atoms with van der Waals surface area (Å²) in [6.45, 7) is 2.07. The van der Waals surface area contributed by atoms with Crippen molar-refractivity contribution in [2.45, 2.75) is 13.0 Å². The molecule has 1 atom stereocenters. The van der Waals surface area contributed by atoms with E-state index in [1.165, 1.54) is 0 Å². The molecule has 4 nitrogen and oxygen atoms in total. The van der Waals surface area contributed by atoms with Crippen molar-refractivity contribution in [3.05, 3.63) is 29.8 Å². The normalized spacial score (nSPS) is 12.1. The zero-order valence-electron chi connectivity index (χ0n) is 8.07. The van der Waals surface area contributed by atoms with Gasteiger partial charge in [0, 0.05) is 0 Å². The van der Waals surface area contributed by atoms with Gasteiger partial charge in [0.1, 0.15) is 18.4 Å². The lowest BCUT2D eigenvalue weighted by Crippen LogP contribution is -2.41. The van der Waals surface area contributed by atoms with Gasteiger partial charge in [-0.25, -0.2) is 0 Å². The van der Waals surface area contributed by atoms with Crippen LogP contribution >= 0.6 is 0 Å². The molecule has 0 radical (unpaired) electrons. The highest BCUT2D eigenvalue weighted by Crippen LogP contribution is 2.12. The summed E-state index contributed by atoms with van der Waals surface area (Å²) >= 11 is 0. The zero-order chi connectivity index (χ0) is 10.6. The van der Waals surface area contributed by atoms with Crippen LogP contribution in [0.25, 0.3) is 0 Å². The van der Waals surface area contributed by atoms with Gasteiger partial charge in [0.2, 0.25) is 5.91 Å². The smallest absolute Gasteiger partial charge is 0.237 e. The monoisotopic (exact) mass is 194 g/mol. The minimum absolute atomic E-state index is 0.110. The lowest BCUT2D eigenvalue weighted by molar-refractivity contribution is -0.119. The summed E-state index contributed by atoms with van der Waals surface area (Å²) < 4.78 is 5.28. The van der Waals surface area contributed by atoms with E-state index in [1.807, 2.05) is 25.1 Å². The predicted octanol–water partition coefficient (Wildman–Crippen LogP) is 0.186. The molecule has 0 aliphatic carbocycles. The molecule has 4 heteroatoms. The molecule has 0 saturated heterocycles. The van der Waals surface area contributed by atoms with Crippen LogP contribution in [-0.4, -0.2) is 18.6 Å². The van der Waals surface area contributed by atoms with Crippen LogP contribution in [0.2, 0.25) is 0 Å². The van der Waals surface area contributed by atoms with Crippen molar-refractivity contribution >= 4 is 5.91 Å². The van der Waals surface area contributed by atoms with Gasteiger partial charge < -0.3 is 16.2 Å². The fourth-order valence-electron chi connectivity index (χ4n) is 0.973. The maximum Gasteiger partial charge on any atom is 0.237 e. The third-order valence-electron chi connectivity index (χ3n) is 1.78. The molecule has 0 spiro atoms. The molecule has 0 fully saturated rings. The Morgan fingerprint density at radius 3 is 2.86 bits per heavy atom. The Morgan fingerprint density at radius 2 is 2.29 bits per heavy atom. The number of nitrogens with two attached hydrogens (primary N) is 2. The van der Waals surface area contributed by atoms with Crippen LogP contribution in [0.4, 0.5) is 0 Å². The Morgan fingerprint density at radius 1 is 1.57 bits per heavy atom. The summed E-state index contributed by atoms with van der Waals surface area (Å²) in [7, 11) is 0. The van der Waals surface area contributed by atoms with Gasteiger partial charge in [0.05, 0.1) is 0 Å². The number of carbonyl (C=O) groups is 1. The van der Waals surface area contributed by atoms with Crippen molar-refractivity contribution in [1.82, 2.24) is 0 Å². The van der Waals surface area contributed by atoms with E-state index in [-0.39, 0.29) is 6.61 Å². The molecule has 1 aromatic carbocycles. The van der Waals surface area contributed by atoms with E-state index in [1.54, 1.807) is 6.07 Å². The number of hydrogen-bond acceptors (Lipinski definition) is 3. The van der Waals surface area contributed by atoms with Crippen LogP contribution < -0.4 is 16.2 Å². The van der Waals surface area contributed by atoms with Crippen molar-refractivity contribution in [2.24, 2.45) is 11.5 Å². The standard InChI is InChI=1S/C10H14N2O2/c1-7-3-2-4-8(5-7)14-6-9(11)10(12)13/h2-5,9H,6,11H2,1H3,(H2,12,13). The summed E-state index contributed by atoms with van der Waals surface area (Å²) in [5, 5.41) is 0. The number of ether oxygens (including phenoxy) is 1. The molecule has 0 saturated carbocycles. The Kier molecular flexibility index (Phi) is 3.48. The van der Waals surface area contributed by atoms with Gasteiger partial charge in [0.25, 0.3) is 0 Å². The Hall–Kier alpha value is -1.55. The lowest BCUT2D eigenvalue weighted by Gasteiger charge is -2.10. The first-order valence-electron chi connectivity index (χ1n) is 4.34. The SMILES string of the molecule is Cc1cccc(OCC(N)C(N)=O)c1. The second-order valence-corrected chi connectivity index (χ2v) is 3.14. The molecule has 0 bridgehead atoms. The fraction of sp³-hybridized carbons (Fsp3) is 0.300. The van der Waals surface area contributed by atoms with Gasteiger partial charge >= 0.3 is 0 Å². The van der Waals surface area contributed by atoms with Gasteiger partial charge in [-0.15, -0.1) is 0 Å². The summed E-state index contributed by atoms with van der Waals surface area (Å²) in [5.74, 6) is 0.138. The second-order valence-electron chi connectivity index (χ2n) is 3.14. The van der Waals surface area contributed by atoms with Crippen molar-refractivity contribution in [3.63, 3.8) is 0 Å². The van der Waals surface area contributed by atoms with E-state index in [2.05, 4.69) is 0 Å². The largest absolute Gasteiger partial charge is 0.491 e.